The molecule has 0 atom stereocenters. The average Bonchev–Trinajstić information content (AvgIpc) is 2.83. The van der Waals surface area contributed by atoms with Crippen LogP contribution in [0.4, 0.5) is 0 Å². The highest BCUT2D eigenvalue weighted by Gasteiger charge is 2.19. The first-order valence-corrected chi connectivity index (χ1v) is 11.6. The molecule has 3 aromatic rings. The van der Waals surface area contributed by atoms with E-state index in [1.165, 1.54) is 20.3 Å². The van der Waals surface area contributed by atoms with E-state index in [1.807, 2.05) is 6.07 Å². The van der Waals surface area contributed by atoms with Gasteiger partial charge in [0, 0.05) is 31.3 Å². The zero-order valence-corrected chi connectivity index (χ0v) is 19.1. The van der Waals surface area contributed by atoms with E-state index in [0.29, 0.717) is 35.7 Å². The number of nitrogens with one attached hydrogen (secondary N) is 1. The maximum atomic E-state index is 12.5. The summed E-state index contributed by atoms with van der Waals surface area (Å²) in [5.41, 5.74) is 2.58. The molecule has 0 spiro atoms. The molecular formula is C23H24N4O5S. The second kappa shape index (κ2) is 10.9. The fourth-order valence-electron chi connectivity index (χ4n) is 3.19. The fraction of sp³-hybridized carbons (Fsp3) is 0.261. The molecule has 2 N–H and O–H groups in total. The third kappa shape index (κ3) is 5.84. The number of aliphatic hydroxyl groups excluding tert-OH is 1. The lowest BCUT2D eigenvalue weighted by Gasteiger charge is -2.12. The molecule has 1 heterocycles. The summed E-state index contributed by atoms with van der Waals surface area (Å²) in [6.07, 6.45) is 2.30. The number of benzene rings is 2. The summed E-state index contributed by atoms with van der Waals surface area (Å²) in [5, 5.41) is 18.2. The smallest absolute Gasteiger partial charge is 0.244 e. The van der Waals surface area contributed by atoms with Crippen LogP contribution < -0.4 is 14.2 Å². The molecule has 2 aromatic carbocycles. The second-order valence-electron chi connectivity index (χ2n) is 7.02. The number of hydrogen-bond acceptors (Lipinski definition) is 8. The summed E-state index contributed by atoms with van der Waals surface area (Å²) in [4.78, 5) is 8.92. The summed E-state index contributed by atoms with van der Waals surface area (Å²) in [5.74, 6) is 1.22. The number of rotatable bonds is 10. The summed E-state index contributed by atoms with van der Waals surface area (Å²) in [6.45, 7) is 0.0231. The molecule has 0 unspecified atom stereocenters. The maximum absolute atomic E-state index is 12.5. The lowest BCUT2D eigenvalue weighted by atomic mass is 10.1. The molecule has 0 aliphatic carbocycles. The summed E-state index contributed by atoms with van der Waals surface area (Å²) >= 11 is 0. The number of methoxy groups -OCH3 is 2. The molecule has 0 radical (unpaired) electrons. The van der Waals surface area contributed by atoms with E-state index < -0.39 is 10.0 Å². The molecule has 0 bridgehead atoms. The number of ether oxygens (including phenoxy) is 2. The molecule has 3 rings (SSSR count). The van der Waals surface area contributed by atoms with Crippen molar-refractivity contribution in [1.82, 2.24) is 14.7 Å². The number of sulfonamides is 1. The minimum absolute atomic E-state index is 0.0172. The molecule has 1 aromatic heterocycles. The van der Waals surface area contributed by atoms with Crippen LogP contribution in [-0.2, 0) is 16.4 Å². The van der Waals surface area contributed by atoms with Crippen LogP contribution in [0.2, 0.25) is 0 Å². The van der Waals surface area contributed by atoms with Gasteiger partial charge in [0.1, 0.15) is 28.3 Å². The summed E-state index contributed by atoms with van der Waals surface area (Å²) in [6, 6.07) is 13.9. The van der Waals surface area contributed by atoms with Crippen molar-refractivity contribution >= 4 is 10.0 Å². The van der Waals surface area contributed by atoms with E-state index in [9.17, 15) is 13.7 Å². The van der Waals surface area contributed by atoms with Crippen LogP contribution in [0.5, 0.6) is 11.5 Å². The Balaban J connectivity index is 1.85. The van der Waals surface area contributed by atoms with Crippen molar-refractivity contribution in [3.63, 3.8) is 0 Å². The molecule has 172 valence electrons. The van der Waals surface area contributed by atoms with Crippen molar-refractivity contribution in [3.05, 3.63) is 65.6 Å². The van der Waals surface area contributed by atoms with Crippen molar-refractivity contribution in [3.8, 4) is 28.8 Å². The lowest BCUT2D eigenvalue weighted by Crippen LogP contribution is -2.25. The van der Waals surface area contributed by atoms with Gasteiger partial charge in [-0.15, -0.1) is 0 Å². The van der Waals surface area contributed by atoms with E-state index in [4.69, 9.17) is 14.6 Å². The van der Waals surface area contributed by atoms with Gasteiger partial charge in [-0.25, -0.2) is 23.1 Å². The van der Waals surface area contributed by atoms with Crippen molar-refractivity contribution in [2.75, 3.05) is 27.4 Å². The van der Waals surface area contributed by atoms with Gasteiger partial charge in [0.05, 0.1) is 25.5 Å². The minimum atomic E-state index is -3.77. The Morgan fingerprint density at radius 1 is 1.09 bits per heavy atom. The molecule has 9 nitrogen and oxygen atoms in total. The second-order valence-corrected chi connectivity index (χ2v) is 8.76. The molecule has 0 saturated carbocycles. The average molecular weight is 469 g/mol. The van der Waals surface area contributed by atoms with E-state index in [-0.39, 0.29) is 23.8 Å². The van der Waals surface area contributed by atoms with Gasteiger partial charge in [0.15, 0.2) is 0 Å². The van der Waals surface area contributed by atoms with Crippen LogP contribution in [0.25, 0.3) is 11.3 Å². The number of hydrogen-bond donors (Lipinski definition) is 2. The van der Waals surface area contributed by atoms with Crippen LogP contribution in [0.1, 0.15) is 23.4 Å². The molecule has 0 amide bonds. The topological polar surface area (TPSA) is 134 Å². The van der Waals surface area contributed by atoms with Gasteiger partial charge in [-0.05, 0) is 48.4 Å². The highest BCUT2D eigenvalue weighted by atomic mass is 32.2. The van der Waals surface area contributed by atoms with Crippen molar-refractivity contribution in [2.24, 2.45) is 0 Å². The van der Waals surface area contributed by atoms with Gasteiger partial charge in [-0.3, -0.25) is 0 Å². The quantitative estimate of drug-likeness (QED) is 0.433. The normalized spacial score (nSPS) is 11.1. The molecule has 33 heavy (non-hydrogen) atoms. The fourth-order valence-corrected chi connectivity index (χ4v) is 4.41. The van der Waals surface area contributed by atoms with Crippen LogP contribution in [0.3, 0.4) is 0 Å². The largest absolute Gasteiger partial charge is 0.495 e. The summed E-state index contributed by atoms with van der Waals surface area (Å²) < 4.78 is 38.0. The SMILES string of the molecule is COc1ccc(-c2ccnc(Cc3ccc(S(=O)(=O)NCCCO)c(OC)c3)n2)cc1C#N. The Morgan fingerprint density at radius 3 is 2.58 bits per heavy atom. The monoisotopic (exact) mass is 468 g/mol. The molecule has 0 aliphatic heterocycles. The first-order valence-electron chi connectivity index (χ1n) is 10.1. The molecule has 10 heteroatoms. The first-order chi connectivity index (χ1) is 15.9. The van der Waals surface area contributed by atoms with Gasteiger partial charge >= 0.3 is 0 Å². The third-order valence-corrected chi connectivity index (χ3v) is 6.33. The Bertz CT molecular complexity index is 1270. The zero-order chi connectivity index (χ0) is 23.8. The van der Waals surface area contributed by atoms with Crippen molar-refractivity contribution in [1.29, 1.82) is 5.26 Å². The lowest BCUT2D eigenvalue weighted by molar-refractivity contribution is 0.289. The van der Waals surface area contributed by atoms with Gasteiger partial charge in [-0.1, -0.05) is 6.07 Å². The number of aliphatic hydroxyl groups is 1. The van der Waals surface area contributed by atoms with E-state index in [0.717, 1.165) is 11.1 Å². The zero-order valence-electron chi connectivity index (χ0n) is 18.3. The van der Waals surface area contributed by atoms with Gasteiger partial charge in [0.25, 0.3) is 0 Å². The van der Waals surface area contributed by atoms with Crippen molar-refractivity contribution in [2.45, 2.75) is 17.7 Å². The molecule has 0 aliphatic rings. The summed E-state index contributed by atoms with van der Waals surface area (Å²) in [7, 11) is -0.863. The molecular weight excluding hydrogens is 444 g/mol. The highest BCUT2D eigenvalue weighted by molar-refractivity contribution is 7.89. The van der Waals surface area contributed by atoms with Crippen LogP contribution in [0, 0.1) is 11.3 Å². The van der Waals surface area contributed by atoms with Gasteiger partial charge < -0.3 is 14.6 Å². The van der Waals surface area contributed by atoms with E-state index in [2.05, 4.69) is 20.8 Å². The Morgan fingerprint density at radius 2 is 1.88 bits per heavy atom. The Kier molecular flexibility index (Phi) is 7.95. The number of nitriles is 1. The third-order valence-electron chi connectivity index (χ3n) is 4.83. The van der Waals surface area contributed by atoms with Crippen LogP contribution in [-0.4, -0.2) is 50.9 Å². The highest BCUT2D eigenvalue weighted by Crippen LogP contribution is 2.27. The predicted octanol–water partition coefficient (Wildman–Crippen LogP) is 2.28. The predicted molar refractivity (Wildman–Crippen MR) is 121 cm³/mol. The minimum Gasteiger partial charge on any atom is -0.495 e. The van der Waals surface area contributed by atoms with Crippen LogP contribution >= 0.6 is 0 Å². The van der Waals surface area contributed by atoms with Crippen LogP contribution in [0.15, 0.2) is 53.6 Å². The Hall–Kier alpha value is -3.52. The molecule has 0 fully saturated rings. The number of nitrogens with zero attached hydrogens (tertiary/aromatic N) is 3. The van der Waals surface area contributed by atoms with Crippen molar-refractivity contribution < 1.29 is 23.0 Å². The Labute approximate surface area is 192 Å². The maximum Gasteiger partial charge on any atom is 0.244 e. The standard InChI is InChI=1S/C23H24N4O5S/c1-31-20-6-5-17(14-18(20)15-24)19-8-10-25-23(27-19)13-16-4-7-22(21(12-16)32-2)33(29,30)26-9-3-11-28/h4-8,10,12,14,26,28H,3,9,11,13H2,1-2H3. The molecule has 0 saturated heterocycles. The van der Waals surface area contributed by atoms with Gasteiger partial charge in [-0.2, -0.15) is 5.26 Å². The van der Waals surface area contributed by atoms with Gasteiger partial charge in [0.2, 0.25) is 10.0 Å². The first kappa shape index (κ1) is 24.1. The van der Waals surface area contributed by atoms with E-state index >= 15 is 0 Å². The number of aromatic nitrogens is 2. The van der Waals surface area contributed by atoms with E-state index in [1.54, 1.807) is 36.5 Å².